The summed E-state index contributed by atoms with van der Waals surface area (Å²) in [7, 11) is 0. The van der Waals surface area contributed by atoms with Crippen molar-refractivity contribution in [3.05, 3.63) is 45.9 Å². The number of aromatic nitrogens is 1. The number of pyridine rings is 1. The predicted molar refractivity (Wildman–Crippen MR) is 66.1 cm³/mol. The quantitative estimate of drug-likeness (QED) is 0.633. The van der Waals surface area contributed by atoms with Gasteiger partial charge in [0.15, 0.2) is 0 Å². The summed E-state index contributed by atoms with van der Waals surface area (Å²) >= 11 is 0. The van der Waals surface area contributed by atoms with Crippen molar-refractivity contribution in [1.82, 2.24) is 4.98 Å². The predicted octanol–water partition coefficient (Wildman–Crippen LogP) is 2.09. The van der Waals surface area contributed by atoms with Crippen molar-refractivity contribution in [3.63, 3.8) is 0 Å². The van der Waals surface area contributed by atoms with Gasteiger partial charge in [-0.25, -0.2) is 4.98 Å². The van der Waals surface area contributed by atoms with E-state index in [9.17, 15) is 10.1 Å². The third-order valence-electron chi connectivity index (χ3n) is 2.28. The molecule has 0 unspecified atom stereocenters. The molecule has 0 amide bonds. The van der Waals surface area contributed by atoms with Crippen LogP contribution in [0.5, 0.6) is 0 Å². The normalized spacial score (nSPS) is 10.3. The lowest BCUT2D eigenvalue weighted by atomic mass is 10.3. The lowest BCUT2D eigenvalue weighted by Gasteiger charge is -2.04. The Balaban J connectivity index is 2.11. The molecule has 2 aromatic rings. The van der Waals surface area contributed by atoms with Gasteiger partial charge in [-0.05, 0) is 19.1 Å². The Labute approximate surface area is 103 Å². The fourth-order valence-electron chi connectivity index (χ4n) is 1.49. The van der Waals surface area contributed by atoms with Gasteiger partial charge in [0.2, 0.25) is 0 Å². The van der Waals surface area contributed by atoms with Crippen LogP contribution in [0.3, 0.4) is 0 Å². The van der Waals surface area contributed by atoms with Crippen LogP contribution >= 0.6 is 0 Å². The molecule has 7 nitrogen and oxygen atoms in total. The molecule has 0 bridgehead atoms. The first kappa shape index (κ1) is 11.9. The van der Waals surface area contributed by atoms with Crippen molar-refractivity contribution in [3.8, 4) is 0 Å². The number of furan rings is 1. The summed E-state index contributed by atoms with van der Waals surface area (Å²) in [5, 5.41) is 13.6. The highest BCUT2D eigenvalue weighted by Crippen LogP contribution is 2.19. The zero-order valence-corrected chi connectivity index (χ0v) is 9.71. The summed E-state index contributed by atoms with van der Waals surface area (Å²) in [6.45, 7) is 2.23. The monoisotopic (exact) mass is 248 g/mol. The van der Waals surface area contributed by atoms with Crippen molar-refractivity contribution in [1.29, 1.82) is 0 Å². The van der Waals surface area contributed by atoms with Crippen LogP contribution in [0.25, 0.3) is 0 Å². The summed E-state index contributed by atoms with van der Waals surface area (Å²) < 4.78 is 5.36. The second-order valence-electron chi connectivity index (χ2n) is 3.76. The third-order valence-corrected chi connectivity index (χ3v) is 2.28. The highest BCUT2D eigenvalue weighted by atomic mass is 16.6. The van der Waals surface area contributed by atoms with Crippen LogP contribution in [0.1, 0.15) is 11.5 Å². The molecule has 3 N–H and O–H groups in total. The molecule has 0 aromatic carbocycles. The van der Waals surface area contributed by atoms with E-state index < -0.39 is 4.92 Å². The first-order valence-electron chi connectivity index (χ1n) is 5.26. The second-order valence-corrected chi connectivity index (χ2v) is 3.76. The van der Waals surface area contributed by atoms with E-state index in [4.69, 9.17) is 10.2 Å². The van der Waals surface area contributed by atoms with Crippen LogP contribution < -0.4 is 11.1 Å². The van der Waals surface area contributed by atoms with Crippen LogP contribution in [-0.4, -0.2) is 9.91 Å². The zero-order valence-electron chi connectivity index (χ0n) is 9.71. The number of hydrogen-bond donors (Lipinski definition) is 2. The van der Waals surface area contributed by atoms with Crippen molar-refractivity contribution in [2.24, 2.45) is 0 Å². The lowest BCUT2D eigenvalue weighted by molar-refractivity contribution is -0.384. The number of nitrogen functional groups attached to an aromatic ring is 1. The van der Waals surface area contributed by atoms with Crippen LogP contribution in [0.15, 0.2) is 28.7 Å². The number of nitrogens with one attached hydrogen (secondary N) is 1. The van der Waals surface area contributed by atoms with Gasteiger partial charge in [0.25, 0.3) is 5.69 Å². The Morgan fingerprint density at radius 1 is 1.50 bits per heavy atom. The number of nitrogens with two attached hydrogens (primary N) is 1. The van der Waals surface area contributed by atoms with E-state index in [1.165, 1.54) is 12.1 Å². The number of anilines is 2. The Kier molecular flexibility index (Phi) is 3.13. The van der Waals surface area contributed by atoms with E-state index in [-0.39, 0.29) is 11.5 Å². The van der Waals surface area contributed by atoms with E-state index in [1.807, 2.05) is 19.1 Å². The van der Waals surface area contributed by atoms with Crippen LogP contribution in [0.4, 0.5) is 17.3 Å². The van der Waals surface area contributed by atoms with Crippen LogP contribution in [0.2, 0.25) is 0 Å². The summed E-state index contributed by atoms with van der Waals surface area (Å²) in [5.74, 6) is 1.97. The maximum absolute atomic E-state index is 10.7. The fourth-order valence-corrected chi connectivity index (χ4v) is 1.49. The van der Waals surface area contributed by atoms with Crippen LogP contribution in [0, 0.1) is 17.0 Å². The highest BCUT2D eigenvalue weighted by Gasteiger charge is 2.09. The standard InChI is InChI=1S/C11H12N4O3/c1-7-2-3-9(18-7)6-13-11-5-8(15(16)17)4-10(12)14-11/h2-5H,6H2,1H3,(H3,12,13,14). The minimum absolute atomic E-state index is 0.0966. The Hall–Kier alpha value is -2.57. The molecule has 2 rings (SSSR count). The molecule has 2 heterocycles. The van der Waals surface area contributed by atoms with E-state index in [1.54, 1.807) is 0 Å². The van der Waals surface area contributed by atoms with E-state index in [2.05, 4.69) is 10.3 Å². The molecule has 94 valence electrons. The van der Waals surface area contributed by atoms with Gasteiger partial charge < -0.3 is 15.5 Å². The van der Waals surface area contributed by atoms with Gasteiger partial charge >= 0.3 is 0 Å². The number of aryl methyl sites for hydroxylation is 1. The molecule has 0 saturated carbocycles. The van der Waals surface area contributed by atoms with Gasteiger partial charge in [0.1, 0.15) is 23.2 Å². The molecule has 2 aromatic heterocycles. The highest BCUT2D eigenvalue weighted by molar-refractivity contribution is 5.52. The Morgan fingerprint density at radius 3 is 2.89 bits per heavy atom. The number of rotatable bonds is 4. The lowest BCUT2D eigenvalue weighted by Crippen LogP contribution is -2.03. The molecule has 0 atom stereocenters. The zero-order chi connectivity index (χ0) is 13.1. The molecular weight excluding hydrogens is 236 g/mol. The van der Waals surface area contributed by atoms with Crippen molar-refractivity contribution < 1.29 is 9.34 Å². The molecule has 0 fully saturated rings. The van der Waals surface area contributed by atoms with Crippen LogP contribution in [-0.2, 0) is 6.54 Å². The molecule has 0 spiro atoms. The van der Waals surface area contributed by atoms with E-state index >= 15 is 0 Å². The Morgan fingerprint density at radius 2 is 2.28 bits per heavy atom. The van der Waals surface area contributed by atoms with Gasteiger partial charge in [0.05, 0.1) is 23.6 Å². The molecule has 0 aliphatic rings. The first-order chi connectivity index (χ1) is 8.54. The van der Waals surface area contributed by atoms with E-state index in [0.717, 1.165) is 11.5 Å². The topological polar surface area (TPSA) is 107 Å². The first-order valence-corrected chi connectivity index (χ1v) is 5.26. The minimum atomic E-state index is -0.514. The number of nitro groups is 1. The molecule has 18 heavy (non-hydrogen) atoms. The fraction of sp³-hybridized carbons (Fsp3) is 0.182. The van der Waals surface area contributed by atoms with Gasteiger partial charge in [-0.2, -0.15) is 0 Å². The molecule has 0 aliphatic carbocycles. The second kappa shape index (κ2) is 4.74. The average Bonchev–Trinajstić information content (AvgIpc) is 2.72. The Bertz CT molecular complexity index is 579. The molecule has 0 aliphatic heterocycles. The van der Waals surface area contributed by atoms with Crippen molar-refractivity contribution >= 4 is 17.3 Å². The molecular formula is C11H12N4O3. The minimum Gasteiger partial charge on any atom is -0.465 e. The summed E-state index contributed by atoms with van der Waals surface area (Å²) in [5.41, 5.74) is 5.39. The summed E-state index contributed by atoms with van der Waals surface area (Å²) in [6, 6.07) is 6.20. The van der Waals surface area contributed by atoms with Gasteiger partial charge in [-0.15, -0.1) is 0 Å². The number of hydrogen-bond acceptors (Lipinski definition) is 6. The average molecular weight is 248 g/mol. The smallest absolute Gasteiger partial charge is 0.276 e. The van der Waals surface area contributed by atoms with Crippen molar-refractivity contribution in [2.75, 3.05) is 11.1 Å². The maximum atomic E-state index is 10.7. The van der Waals surface area contributed by atoms with Crippen molar-refractivity contribution in [2.45, 2.75) is 13.5 Å². The largest absolute Gasteiger partial charge is 0.465 e. The molecule has 0 saturated heterocycles. The van der Waals surface area contributed by atoms with E-state index in [0.29, 0.717) is 12.4 Å². The summed E-state index contributed by atoms with van der Waals surface area (Å²) in [6.07, 6.45) is 0. The third kappa shape index (κ3) is 2.76. The summed E-state index contributed by atoms with van der Waals surface area (Å²) in [4.78, 5) is 14.1. The molecule has 0 radical (unpaired) electrons. The maximum Gasteiger partial charge on any atom is 0.276 e. The number of nitrogens with zero attached hydrogens (tertiary/aromatic N) is 2. The molecule has 7 heteroatoms. The SMILES string of the molecule is Cc1ccc(CNc2cc([N+](=O)[O-])cc(N)n2)o1. The van der Waals surface area contributed by atoms with Gasteiger partial charge in [-0.1, -0.05) is 0 Å². The van der Waals surface area contributed by atoms with Gasteiger partial charge in [0, 0.05) is 0 Å². The van der Waals surface area contributed by atoms with Gasteiger partial charge in [-0.3, -0.25) is 10.1 Å².